The van der Waals surface area contributed by atoms with E-state index in [0.29, 0.717) is 0 Å². The number of unbranched alkanes of at least 4 members (excludes halogenated alkanes) is 1. The summed E-state index contributed by atoms with van der Waals surface area (Å²) in [6.45, 7) is 5.45. The lowest BCUT2D eigenvalue weighted by Gasteiger charge is -2.24. The summed E-state index contributed by atoms with van der Waals surface area (Å²) in [6, 6.07) is 0.245. The van der Waals surface area contributed by atoms with Crippen LogP contribution in [0.3, 0.4) is 0 Å². The zero-order chi connectivity index (χ0) is 17.8. The maximum atomic E-state index is 5.56. The molecule has 0 bridgehead atoms. The van der Waals surface area contributed by atoms with Crippen molar-refractivity contribution in [3.8, 4) is 0 Å². The first-order valence-electron chi connectivity index (χ1n) is 8.75. The van der Waals surface area contributed by atoms with Gasteiger partial charge < -0.3 is 20.3 Å². The average Bonchev–Trinajstić information content (AvgIpc) is 2.98. The summed E-state index contributed by atoms with van der Waals surface area (Å²) in [5.74, 6) is 0.819. The molecule has 0 aliphatic carbocycles. The summed E-state index contributed by atoms with van der Waals surface area (Å²) < 4.78 is 7.39. The number of nitrogens with zero attached hydrogens (tertiary/aromatic N) is 4. The Balaban J connectivity index is 2.31. The Bertz CT molecular complexity index is 471. The van der Waals surface area contributed by atoms with Gasteiger partial charge in [0.25, 0.3) is 0 Å². The van der Waals surface area contributed by atoms with Crippen LogP contribution in [-0.2, 0) is 11.8 Å². The van der Waals surface area contributed by atoms with E-state index >= 15 is 0 Å². The van der Waals surface area contributed by atoms with Crippen molar-refractivity contribution in [2.75, 3.05) is 47.4 Å². The first kappa shape index (κ1) is 20.4. The zero-order valence-corrected chi connectivity index (χ0v) is 15.9. The van der Waals surface area contributed by atoms with E-state index in [1.807, 2.05) is 17.9 Å². The molecule has 7 heteroatoms. The van der Waals surface area contributed by atoms with Gasteiger partial charge in [-0.25, -0.2) is 0 Å². The van der Waals surface area contributed by atoms with E-state index in [1.165, 1.54) is 12.0 Å². The highest BCUT2D eigenvalue weighted by molar-refractivity contribution is 5.79. The number of aromatic nitrogens is 2. The van der Waals surface area contributed by atoms with Crippen molar-refractivity contribution in [1.29, 1.82) is 0 Å². The van der Waals surface area contributed by atoms with Gasteiger partial charge in [-0.05, 0) is 26.9 Å². The highest BCUT2D eigenvalue weighted by Crippen LogP contribution is 2.15. The van der Waals surface area contributed by atoms with Crippen molar-refractivity contribution >= 4 is 5.96 Å². The molecule has 2 N–H and O–H groups in total. The number of rotatable bonds is 11. The van der Waals surface area contributed by atoms with Gasteiger partial charge in [0.05, 0.1) is 12.2 Å². The predicted octanol–water partition coefficient (Wildman–Crippen LogP) is 1.39. The molecule has 1 aromatic heterocycles. The van der Waals surface area contributed by atoms with Crippen LogP contribution in [0.15, 0.2) is 17.4 Å². The third kappa shape index (κ3) is 7.79. The summed E-state index contributed by atoms with van der Waals surface area (Å²) >= 11 is 0. The van der Waals surface area contributed by atoms with Crippen LogP contribution in [-0.4, -0.2) is 68.1 Å². The second-order valence-corrected chi connectivity index (χ2v) is 6.13. The number of ether oxygens (including phenoxy) is 1. The molecular formula is C17H34N6O. The smallest absolute Gasteiger partial charge is 0.191 e. The second-order valence-electron chi connectivity index (χ2n) is 6.13. The number of nitrogens with one attached hydrogen (secondary N) is 2. The Kier molecular flexibility index (Phi) is 10.1. The summed E-state index contributed by atoms with van der Waals surface area (Å²) in [4.78, 5) is 6.46. The minimum atomic E-state index is 0.245. The van der Waals surface area contributed by atoms with Crippen LogP contribution >= 0.6 is 0 Å². The van der Waals surface area contributed by atoms with Gasteiger partial charge in [0, 0.05) is 52.2 Å². The van der Waals surface area contributed by atoms with Gasteiger partial charge in [0.1, 0.15) is 0 Å². The fourth-order valence-electron chi connectivity index (χ4n) is 2.35. The highest BCUT2D eigenvalue weighted by atomic mass is 16.5. The van der Waals surface area contributed by atoms with E-state index in [4.69, 9.17) is 4.74 Å². The average molecular weight is 339 g/mol. The summed E-state index contributed by atoms with van der Waals surface area (Å²) in [5.41, 5.74) is 1.19. The van der Waals surface area contributed by atoms with Crippen molar-refractivity contribution in [3.05, 3.63) is 18.0 Å². The van der Waals surface area contributed by atoms with Crippen molar-refractivity contribution in [2.45, 2.75) is 32.2 Å². The third-order valence-electron chi connectivity index (χ3n) is 3.82. The SMILES string of the molecule is CCCCOCCCNC(=NC)NCC(c1cnn(C)c1)N(C)C. The van der Waals surface area contributed by atoms with Crippen LogP contribution < -0.4 is 10.6 Å². The van der Waals surface area contributed by atoms with E-state index in [-0.39, 0.29) is 6.04 Å². The predicted molar refractivity (Wildman–Crippen MR) is 99.3 cm³/mol. The fraction of sp³-hybridized carbons (Fsp3) is 0.765. The summed E-state index contributed by atoms with van der Waals surface area (Å²) in [5, 5.41) is 11.0. The standard InChI is InChI=1S/C17H34N6O/c1-6-7-10-24-11-8-9-19-17(18-2)20-13-16(22(3)4)15-12-21-23(5)14-15/h12,14,16H,6-11,13H2,1-5H3,(H2,18,19,20). The molecular weight excluding hydrogens is 304 g/mol. The number of hydrogen-bond donors (Lipinski definition) is 2. The highest BCUT2D eigenvalue weighted by Gasteiger charge is 2.16. The quantitative estimate of drug-likeness (QED) is 0.363. The molecule has 0 aliphatic heterocycles. The van der Waals surface area contributed by atoms with E-state index in [1.54, 1.807) is 7.05 Å². The van der Waals surface area contributed by atoms with E-state index in [9.17, 15) is 0 Å². The minimum Gasteiger partial charge on any atom is -0.381 e. The Hall–Kier alpha value is -1.60. The molecule has 0 radical (unpaired) electrons. The molecule has 1 heterocycles. The molecule has 138 valence electrons. The van der Waals surface area contributed by atoms with Crippen LogP contribution in [0.4, 0.5) is 0 Å². The van der Waals surface area contributed by atoms with Crippen molar-refractivity contribution < 1.29 is 4.74 Å². The Morgan fingerprint density at radius 1 is 1.33 bits per heavy atom. The molecule has 1 rings (SSSR count). The molecule has 0 spiro atoms. The topological polar surface area (TPSA) is 66.7 Å². The van der Waals surface area contributed by atoms with Crippen LogP contribution in [0.1, 0.15) is 37.8 Å². The summed E-state index contributed by atoms with van der Waals surface area (Å²) in [7, 11) is 7.88. The third-order valence-corrected chi connectivity index (χ3v) is 3.82. The summed E-state index contributed by atoms with van der Waals surface area (Å²) in [6.07, 6.45) is 7.26. The van der Waals surface area contributed by atoms with E-state index in [2.05, 4.69) is 52.8 Å². The lowest BCUT2D eigenvalue weighted by Crippen LogP contribution is -2.42. The van der Waals surface area contributed by atoms with Crippen molar-refractivity contribution in [1.82, 2.24) is 25.3 Å². The monoisotopic (exact) mass is 338 g/mol. The number of hydrogen-bond acceptors (Lipinski definition) is 4. The van der Waals surface area contributed by atoms with Gasteiger partial charge in [-0.1, -0.05) is 13.3 Å². The van der Waals surface area contributed by atoms with E-state index in [0.717, 1.165) is 45.1 Å². The number of likely N-dealkylation sites (N-methyl/N-ethyl adjacent to an activating group) is 1. The van der Waals surface area contributed by atoms with Gasteiger partial charge >= 0.3 is 0 Å². The molecule has 0 aromatic carbocycles. The molecule has 0 amide bonds. The van der Waals surface area contributed by atoms with Gasteiger partial charge in [-0.3, -0.25) is 9.67 Å². The van der Waals surface area contributed by atoms with Gasteiger partial charge in [-0.15, -0.1) is 0 Å². The maximum Gasteiger partial charge on any atom is 0.191 e. The van der Waals surface area contributed by atoms with Gasteiger partial charge in [-0.2, -0.15) is 5.10 Å². The van der Waals surface area contributed by atoms with Crippen LogP contribution in [0.2, 0.25) is 0 Å². The second kappa shape index (κ2) is 11.9. The molecule has 1 aromatic rings. The number of guanidine groups is 1. The molecule has 0 saturated heterocycles. The van der Waals surface area contributed by atoms with Crippen LogP contribution in [0.25, 0.3) is 0 Å². The normalized spacial score (nSPS) is 13.3. The lowest BCUT2D eigenvalue weighted by atomic mass is 10.1. The van der Waals surface area contributed by atoms with Gasteiger partial charge in [0.15, 0.2) is 5.96 Å². The first-order valence-corrected chi connectivity index (χ1v) is 8.75. The molecule has 24 heavy (non-hydrogen) atoms. The Labute approximate surface area is 146 Å². The number of aryl methyl sites for hydroxylation is 1. The molecule has 1 atom stereocenters. The molecule has 0 saturated carbocycles. The molecule has 0 aliphatic rings. The largest absolute Gasteiger partial charge is 0.381 e. The maximum absolute atomic E-state index is 5.56. The van der Waals surface area contributed by atoms with Crippen LogP contribution in [0, 0.1) is 0 Å². The Morgan fingerprint density at radius 3 is 2.67 bits per heavy atom. The van der Waals surface area contributed by atoms with Gasteiger partial charge in [0.2, 0.25) is 0 Å². The first-order chi connectivity index (χ1) is 11.6. The number of aliphatic imine (C=N–C) groups is 1. The molecule has 1 unspecified atom stereocenters. The van der Waals surface area contributed by atoms with Crippen LogP contribution in [0.5, 0.6) is 0 Å². The van der Waals surface area contributed by atoms with Crippen molar-refractivity contribution in [3.63, 3.8) is 0 Å². The molecule has 7 nitrogen and oxygen atoms in total. The van der Waals surface area contributed by atoms with Crippen molar-refractivity contribution in [2.24, 2.45) is 12.0 Å². The zero-order valence-electron chi connectivity index (χ0n) is 15.9. The lowest BCUT2D eigenvalue weighted by molar-refractivity contribution is 0.129. The van der Waals surface area contributed by atoms with E-state index < -0.39 is 0 Å². The minimum absolute atomic E-state index is 0.245. The molecule has 0 fully saturated rings. The Morgan fingerprint density at radius 2 is 2.08 bits per heavy atom. The fourth-order valence-corrected chi connectivity index (χ4v) is 2.35.